The molecule has 0 aliphatic carbocycles. The second kappa shape index (κ2) is 11.1. The lowest BCUT2D eigenvalue weighted by Crippen LogP contribution is -2.51. The van der Waals surface area contributed by atoms with Crippen molar-refractivity contribution in [2.75, 3.05) is 37.0 Å². The molecule has 2 amide bonds. The summed E-state index contributed by atoms with van der Waals surface area (Å²) < 4.78 is 12.3. The summed E-state index contributed by atoms with van der Waals surface area (Å²) in [6.07, 6.45) is 3.65. The minimum absolute atomic E-state index is 0.0288. The third-order valence-corrected chi connectivity index (χ3v) is 13.6. The van der Waals surface area contributed by atoms with E-state index >= 15 is 0 Å². The van der Waals surface area contributed by atoms with Gasteiger partial charge in [0.05, 0.1) is 33.0 Å². The van der Waals surface area contributed by atoms with Crippen LogP contribution in [-0.4, -0.2) is 63.9 Å². The fourth-order valence-corrected chi connectivity index (χ4v) is 11.3. The predicted octanol–water partition coefficient (Wildman–Crippen LogP) is 3.52. The Hall–Kier alpha value is -2.98. The summed E-state index contributed by atoms with van der Waals surface area (Å²) >= 11 is 0. The molecule has 40 heavy (non-hydrogen) atoms. The Balaban J connectivity index is 1.57. The molecule has 3 aliphatic rings. The average molecular weight is 564 g/mol. The van der Waals surface area contributed by atoms with Gasteiger partial charge in [0.15, 0.2) is 5.60 Å². The van der Waals surface area contributed by atoms with Crippen molar-refractivity contribution in [3.63, 3.8) is 0 Å². The minimum Gasteiger partial charge on any atom is -0.497 e. The van der Waals surface area contributed by atoms with Gasteiger partial charge < -0.3 is 30.1 Å². The Labute approximate surface area is 237 Å². The van der Waals surface area contributed by atoms with Gasteiger partial charge in [0.2, 0.25) is 5.91 Å². The first-order valence-electron chi connectivity index (χ1n) is 14.2. The van der Waals surface area contributed by atoms with Gasteiger partial charge in [0.25, 0.3) is 5.91 Å². The van der Waals surface area contributed by atoms with E-state index in [0.29, 0.717) is 18.7 Å². The molecule has 5 rings (SSSR count). The highest BCUT2D eigenvalue weighted by molar-refractivity contribution is 6.91. The van der Waals surface area contributed by atoms with Crippen LogP contribution < -0.4 is 25.5 Å². The Morgan fingerprint density at radius 1 is 1.30 bits per heavy atom. The van der Waals surface area contributed by atoms with Crippen LogP contribution in [0.25, 0.3) is 0 Å². The van der Waals surface area contributed by atoms with Crippen molar-refractivity contribution < 1.29 is 24.2 Å². The van der Waals surface area contributed by atoms with E-state index in [0.717, 1.165) is 36.4 Å². The number of rotatable bonds is 9. The number of nitrogens with zero attached hydrogens (tertiary/aromatic N) is 1. The molecule has 2 fully saturated rings. The highest BCUT2D eigenvalue weighted by Crippen LogP contribution is 2.60. The quantitative estimate of drug-likeness (QED) is 0.319. The van der Waals surface area contributed by atoms with Crippen molar-refractivity contribution in [2.45, 2.75) is 62.6 Å². The van der Waals surface area contributed by atoms with Crippen LogP contribution in [-0.2, 0) is 19.9 Å². The second-order valence-electron chi connectivity index (χ2n) is 11.7. The molecule has 0 radical (unpaired) electrons. The molecule has 0 bridgehead atoms. The summed E-state index contributed by atoms with van der Waals surface area (Å²) in [6, 6.07) is 13.7. The molecule has 3 N–H and O–H groups in total. The maximum atomic E-state index is 14.4. The molecule has 0 saturated carbocycles. The zero-order valence-corrected chi connectivity index (χ0v) is 24.9. The molecular weight excluding hydrogens is 522 g/mol. The Morgan fingerprint density at radius 2 is 2.05 bits per heavy atom. The van der Waals surface area contributed by atoms with Gasteiger partial charge >= 0.3 is 0 Å². The lowest BCUT2D eigenvalue weighted by atomic mass is 9.82. The lowest BCUT2D eigenvalue weighted by Gasteiger charge is -2.37. The number of nitrogens with one attached hydrogen (secondary N) is 2. The summed E-state index contributed by atoms with van der Waals surface area (Å²) in [4.78, 5) is 29.0. The maximum absolute atomic E-state index is 14.4. The molecule has 8 nitrogen and oxygen atoms in total. The van der Waals surface area contributed by atoms with E-state index in [1.807, 2.05) is 30.3 Å². The molecule has 3 aliphatic heterocycles. The number of aliphatic hydroxyl groups excluding tert-OH is 1. The van der Waals surface area contributed by atoms with E-state index in [9.17, 15) is 14.7 Å². The normalized spacial score (nSPS) is 27.7. The number of hydrogen-bond acceptors (Lipinski definition) is 6. The number of benzene rings is 2. The highest BCUT2D eigenvalue weighted by Gasteiger charge is 2.66. The summed E-state index contributed by atoms with van der Waals surface area (Å²) in [7, 11) is -0.591. The second-order valence-corrected chi connectivity index (χ2v) is 16.4. The van der Waals surface area contributed by atoms with Crippen molar-refractivity contribution in [3.05, 3.63) is 60.7 Å². The first-order chi connectivity index (χ1) is 19.2. The van der Waals surface area contributed by atoms with E-state index in [2.05, 4.69) is 49.4 Å². The van der Waals surface area contributed by atoms with Crippen LogP contribution in [0.4, 0.5) is 11.4 Å². The van der Waals surface area contributed by atoms with Crippen molar-refractivity contribution in [1.82, 2.24) is 5.32 Å². The molecular formula is C31H41N3O5Si. The van der Waals surface area contributed by atoms with Gasteiger partial charge in [-0.25, -0.2) is 0 Å². The zero-order valence-electron chi connectivity index (χ0n) is 23.9. The van der Waals surface area contributed by atoms with E-state index < -0.39 is 13.7 Å². The molecule has 214 valence electrons. The van der Waals surface area contributed by atoms with Crippen molar-refractivity contribution in [1.29, 1.82) is 0 Å². The van der Waals surface area contributed by atoms with Gasteiger partial charge in [-0.15, -0.1) is 6.58 Å². The summed E-state index contributed by atoms with van der Waals surface area (Å²) in [5.74, 6) is 0.454. The van der Waals surface area contributed by atoms with E-state index in [-0.39, 0.29) is 42.0 Å². The third kappa shape index (κ3) is 4.58. The van der Waals surface area contributed by atoms with Crippen LogP contribution >= 0.6 is 0 Å². The lowest BCUT2D eigenvalue weighted by molar-refractivity contribution is -0.146. The van der Waals surface area contributed by atoms with Gasteiger partial charge in [0.1, 0.15) is 5.75 Å². The average Bonchev–Trinajstić information content (AvgIpc) is 3.64. The van der Waals surface area contributed by atoms with Crippen molar-refractivity contribution in [2.24, 2.45) is 5.92 Å². The Kier molecular flexibility index (Phi) is 7.94. The van der Waals surface area contributed by atoms with Crippen LogP contribution in [0.5, 0.6) is 5.75 Å². The number of fused-ring (bicyclic) bond motifs is 2. The summed E-state index contributed by atoms with van der Waals surface area (Å²) in [5.41, 5.74) is 1.03. The predicted molar refractivity (Wildman–Crippen MR) is 160 cm³/mol. The molecule has 3 heterocycles. The number of ether oxygens (including phenoxy) is 2. The minimum atomic E-state index is -2.25. The maximum Gasteiger partial charge on any atom is 0.264 e. The number of carbonyl (C=O) groups is 2. The zero-order chi connectivity index (χ0) is 28.7. The highest BCUT2D eigenvalue weighted by atomic mass is 28.3. The van der Waals surface area contributed by atoms with Crippen LogP contribution in [0.2, 0.25) is 18.6 Å². The van der Waals surface area contributed by atoms with Gasteiger partial charge in [-0.05, 0) is 61.7 Å². The van der Waals surface area contributed by atoms with Crippen LogP contribution in [0.15, 0.2) is 55.1 Å². The van der Waals surface area contributed by atoms with Crippen LogP contribution in [0.3, 0.4) is 0 Å². The molecule has 5 atom stereocenters. The van der Waals surface area contributed by atoms with E-state index in [1.54, 1.807) is 18.1 Å². The molecule has 2 saturated heterocycles. The topological polar surface area (TPSA) is 100 Å². The number of hydrogen-bond donors (Lipinski definition) is 3. The van der Waals surface area contributed by atoms with Gasteiger partial charge in [-0.1, -0.05) is 43.4 Å². The number of amides is 2. The number of carbonyl (C=O) groups excluding carboxylic acids is 2. The van der Waals surface area contributed by atoms with Gasteiger partial charge in [-0.3, -0.25) is 9.59 Å². The standard InChI is InChI=1S/C31H41N3O5Si/c1-6-17-34-26-14-9-21(33-29(36)25-8-7-16-32-25)19-24(26)31(30(34)37)20(2)28(27(39-31)15-18-35)40(4,5)23-12-10-22(38-3)11-13-23/h6,9-14,19-20,25,27-28,32,35H,1,7-8,15-18H2,2-5H3,(H,33,36)/t20-,25+,27+,28-,31+/m0/s1. The third-order valence-electron chi connectivity index (χ3n) is 9.21. The number of anilines is 2. The summed E-state index contributed by atoms with van der Waals surface area (Å²) in [5, 5.41) is 17.6. The molecule has 2 aromatic carbocycles. The van der Waals surface area contributed by atoms with Gasteiger partial charge in [0, 0.05) is 30.3 Å². The van der Waals surface area contributed by atoms with Crippen molar-refractivity contribution >= 4 is 36.4 Å². The van der Waals surface area contributed by atoms with Crippen LogP contribution in [0.1, 0.15) is 31.7 Å². The number of aliphatic hydroxyl groups is 1. The SMILES string of the molecule is C=CCN1C(=O)[C@]2(O[C@H](CCO)[C@@H]([Si](C)(C)c3ccc(OC)cc3)[C@@H]2C)c2cc(NC(=O)[C@H]3CCCN3)ccc21. The Morgan fingerprint density at radius 3 is 2.67 bits per heavy atom. The molecule has 0 aromatic heterocycles. The molecule has 0 unspecified atom stereocenters. The van der Waals surface area contributed by atoms with Crippen LogP contribution in [0, 0.1) is 5.92 Å². The Bertz CT molecular complexity index is 1280. The molecule has 9 heteroatoms. The van der Waals surface area contributed by atoms with E-state index in [1.165, 1.54) is 5.19 Å². The molecule has 1 spiro atoms. The fraction of sp³-hybridized carbons (Fsp3) is 0.484. The first-order valence-corrected chi connectivity index (χ1v) is 17.3. The fourth-order valence-electron chi connectivity index (χ4n) is 7.24. The monoisotopic (exact) mass is 563 g/mol. The van der Waals surface area contributed by atoms with Gasteiger partial charge in [-0.2, -0.15) is 0 Å². The van der Waals surface area contributed by atoms with Crippen molar-refractivity contribution in [3.8, 4) is 5.75 Å². The largest absolute Gasteiger partial charge is 0.497 e. The first kappa shape index (κ1) is 28.5. The molecule has 2 aromatic rings. The number of methoxy groups -OCH3 is 1. The summed E-state index contributed by atoms with van der Waals surface area (Å²) in [6.45, 7) is 11.8. The smallest absolute Gasteiger partial charge is 0.264 e. The van der Waals surface area contributed by atoms with E-state index in [4.69, 9.17) is 9.47 Å².